The van der Waals surface area contributed by atoms with Gasteiger partial charge < -0.3 is 10.1 Å². The van der Waals surface area contributed by atoms with Crippen molar-refractivity contribution in [2.75, 3.05) is 0 Å². The molecule has 3 aliphatic rings. The summed E-state index contributed by atoms with van der Waals surface area (Å²) in [6, 6.07) is 2.59. The smallest absolute Gasteiger partial charge is 0.338 e. The van der Waals surface area contributed by atoms with Crippen molar-refractivity contribution in [2.24, 2.45) is 23.7 Å². The van der Waals surface area contributed by atoms with E-state index in [1.807, 2.05) is 0 Å². The van der Waals surface area contributed by atoms with Crippen molar-refractivity contribution in [3.05, 3.63) is 29.3 Å². The lowest BCUT2D eigenvalue weighted by molar-refractivity contribution is 0.0692. The van der Waals surface area contributed by atoms with Crippen LogP contribution in [-0.2, 0) is 0 Å². The van der Waals surface area contributed by atoms with Gasteiger partial charge in [-0.2, -0.15) is 0 Å². The Bertz CT molecular complexity index is 768. The van der Waals surface area contributed by atoms with Crippen LogP contribution in [0.2, 0.25) is 0 Å². The number of carbonyl (C=O) groups is 1. The molecule has 4 nitrogen and oxygen atoms in total. The molecule has 1 aromatic heterocycles. The van der Waals surface area contributed by atoms with Crippen molar-refractivity contribution >= 4 is 17.0 Å². The fraction of sp³-hybridized carbons (Fsp3) is 0.500. The molecule has 4 unspecified atom stereocenters. The molecule has 1 heterocycles. The van der Waals surface area contributed by atoms with Gasteiger partial charge in [-0.15, -0.1) is 0 Å². The quantitative estimate of drug-likeness (QED) is 0.891. The number of imidazole rings is 1. The SMILES string of the molecule is O=C(O)c1cc2nc(C3C4C5CCC(C5)C34)[nH]c2cc1F. The number of nitrogens with one attached hydrogen (secondary N) is 1. The van der Waals surface area contributed by atoms with E-state index in [0.717, 1.165) is 29.5 Å². The number of aromatic amines is 1. The highest BCUT2D eigenvalue weighted by Crippen LogP contribution is 2.72. The molecule has 0 saturated heterocycles. The highest BCUT2D eigenvalue weighted by Gasteiger charge is 2.66. The van der Waals surface area contributed by atoms with E-state index in [4.69, 9.17) is 5.11 Å². The molecule has 0 spiro atoms. The molecule has 1 aromatic carbocycles. The number of hydrogen-bond donors (Lipinski definition) is 2. The lowest BCUT2D eigenvalue weighted by atomic mass is 10.0. The second-order valence-electron chi connectivity index (χ2n) is 6.79. The summed E-state index contributed by atoms with van der Waals surface area (Å²) in [6.07, 6.45) is 4.07. The van der Waals surface area contributed by atoms with Gasteiger partial charge in [-0.1, -0.05) is 0 Å². The number of nitrogens with zero attached hydrogens (tertiary/aromatic N) is 1. The molecule has 2 bridgehead atoms. The second-order valence-corrected chi connectivity index (χ2v) is 6.79. The molecule has 5 rings (SSSR count). The number of aromatic nitrogens is 2. The maximum absolute atomic E-state index is 13.7. The Labute approximate surface area is 120 Å². The predicted octanol–water partition coefficient (Wildman–Crippen LogP) is 3.16. The lowest BCUT2D eigenvalue weighted by Gasteiger charge is -2.05. The van der Waals surface area contributed by atoms with Gasteiger partial charge >= 0.3 is 5.97 Å². The van der Waals surface area contributed by atoms with Gasteiger partial charge in [-0.25, -0.2) is 14.2 Å². The number of benzene rings is 1. The Morgan fingerprint density at radius 1 is 1.29 bits per heavy atom. The fourth-order valence-corrected chi connectivity index (χ4v) is 5.06. The first-order chi connectivity index (χ1) is 10.1. The van der Waals surface area contributed by atoms with Crippen LogP contribution in [0.5, 0.6) is 0 Å². The van der Waals surface area contributed by atoms with E-state index >= 15 is 0 Å². The molecule has 5 heteroatoms. The summed E-state index contributed by atoms with van der Waals surface area (Å²) in [5.41, 5.74) is 0.850. The Morgan fingerprint density at radius 3 is 2.67 bits per heavy atom. The van der Waals surface area contributed by atoms with Gasteiger partial charge in [0.05, 0.1) is 16.6 Å². The van der Waals surface area contributed by atoms with Crippen LogP contribution in [0.15, 0.2) is 12.1 Å². The van der Waals surface area contributed by atoms with Crippen LogP contribution in [0.4, 0.5) is 4.39 Å². The third kappa shape index (κ3) is 1.44. The topological polar surface area (TPSA) is 66.0 Å². The minimum atomic E-state index is -1.25. The monoisotopic (exact) mass is 286 g/mol. The second kappa shape index (κ2) is 3.64. The first-order valence-corrected chi connectivity index (χ1v) is 7.56. The molecule has 3 fully saturated rings. The molecule has 4 atom stereocenters. The maximum Gasteiger partial charge on any atom is 0.338 e. The summed E-state index contributed by atoms with van der Waals surface area (Å²) < 4.78 is 13.7. The molecule has 0 radical (unpaired) electrons. The van der Waals surface area contributed by atoms with E-state index < -0.39 is 11.8 Å². The van der Waals surface area contributed by atoms with Crippen LogP contribution in [-0.4, -0.2) is 21.0 Å². The van der Waals surface area contributed by atoms with E-state index in [-0.39, 0.29) is 5.56 Å². The number of rotatable bonds is 2. The van der Waals surface area contributed by atoms with E-state index in [9.17, 15) is 9.18 Å². The standard InChI is InChI=1S/C16H15FN2O2/c17-9-5-11-10(4-8(9)16(20)21)18-15(19-11)14-12-6-1-2-7(3-6)13(12)14/h4-7,12-14H,1-3H2,(H,18,19)(H,20,21). The molecule has 2 aromatic rings. The van der Waals surface area contributed by atoms with Crippen molar-refractivity contribution in [3.63, 3.8) is 0 Å². The van der Waals surface area contributed by atoms with Gasteiger partial charge in [0.15, 0.2) is 0 Å². The number of fused-ring (bicyclic) bond motifs is 6. The molecular formula is C16H15FN2O2. The highest BCUT2D eigenvalue weighted by atomic mass is 19.1. The lowest BCUT2D eigenvalue weighted by Crippen LogP contribution is -1.99. The van der Waals surface area contributed by atoms with Crippen LogP contribution < -0.4 is 0 Å². The first-order valence-electron chi connectivity index (χ1n) is 7.56. The van der Waals surface area contributed by atoms with E-state index in [1.54, 1.807) is 0 Å². The maximum atomic E-state index is 13.7. The highest BCUT2D eigenvalue weighted by molar-refractivity contribution is 5.92. The third-order valence-corrected chi connectivity index (χ3v) is 5.87. The summed E-state index contributed by atoms with van der Waals surface area (Å²) >= 11 is 0. The molecule has 21 heavy (non-hydrogen) atoms. The van der Waals surface area contributed by atoms with Crippen molar-refractivity contribution in [2.45, 2.75) is 25.2 Å². The molecule has 0 amide bonds. The summed E-state index contributed by atoms with van der Waals surface area (Å²) in [5.74, 6) is 2.68. The zero-order chi connectivity index (χ0) is 14.3. The Kier molecular flexibility index (Phi) is 2.03. The number of carboxylic acid groups (broad SMARTS) is 1. The molecular weight excluding hydrogens is 271 g/mol. The normalized spacial score (nSPS) is 36.1. The zero-order valence-electron chi connectivity index (χ0n) is 11.3. The largest absolute Gasteiger partial charge is 0.478 e. The van der Waals surface area contributed by atoms with Crippen LogP contribution in [0.3, 0.4) is 0 Å². The minimum Gasteiger partial charge on any atom is -0.478 e. The Balaban J connectivity index is 1.56. The molecule has 108 valence electrons. The summed E-state index contributed by atoms with van der Waals surface area (Å²) in [4.78, 5) is 18.8. The Morgan fingerprint density at radius 2 is 2.00 bits per heavy atom. The summed E-state index contributed by atoms with van der Waals surface area (Å²) in [6.45, 7) is 0. The van der Waals surface area contributed by atoms with E-state index in [1.165, 1.54) is 31.4 Å². The summed E-state index contributed by atoms with van der Waals surface area (Å²) in [5, 5.41) is 8.98. The van der Waals surface area contributed by atoms with Crippen LogP contribution in [0, 0.1) is 29.5 Å². The number of aromatic carboxylic acids is 1. The molecule has 0 aliphatic heterocycles. The molecule has 3 aliphatic carbocycles. The predicted molar refractivity (Wildman–Crippen MR) is 73.6 cm³/mol. The van der Waals surface area contributed by atoms with Gasteiger partial charge in [0, 0.05) is 12.0 Å². The average molecular weight is 286 g/mol. The first kappa shape index (κ1) is 11.7. The van der Waals surface area contributed by atoms with Gasteiger partial charge in [0.2, 0.25) is 0 Å². The molecule has 2 N–H and O–H groups in total. The zero-order valence-corrected chi connectivity index (χ0v) is 11.3. The number of H-pyrrole nitrogens is 1. The number of carboxylic acids is 1. The van der Waals surface area contributed by atoms with E-state index in [0.29, 0.717) is 17.0 Å². The van der Waals surface area contributed by atoms with Crippen LogP contribution >= 0.6 is 0 Å². The van der Waals surface area contributed by atoms with Crippen LogP contribution in [0.1, 0.15) is 41.4 Å². The minimum absolute atomic E-state index is 0.309. The van der Waals surface area contributed by atoms with E-state index in [2.05, 4.69) is 9.97 Å². The number of hydrogen-bond acceptors (Lipinski definition) is 2. The van der Waals surface area contributed by atoms with Gasteiger partial charge in [0.25, 0.3) is 0 Å². The molecule has 3 saturated carbocycles. The number of halogens is 1. The third-order valence-electron chi connectivity index (χ3n) is 5.87. The average Bonchev–Trinajstić information content (AvgIpc) is 2.78. The summed E-state index contributed by atoms with van der Waals surface area (Å²) in [7, 11) is 0. The Hall–Kier alpha value is -1.91. The van der Waals surface area contributed by atoms with Gasteiger partial charge in [-0.3, -0.25) is 0 Å². The van der Waals surface area contributed by atoms with Crippen molar-refractivity contribution in [3.8, 4) is 0 Å². The van der Waals surface area contributed by atoms with Crippen molar-refractivity contribution in [1.29, 1.82) is 0 Å². The fourth-order valence-electron chi connectivity index (χ4n) is 5.06. The van der Waals surface area contributed by atoms with Gasteiger partial charge in [0.1, 0.15) is 11.6 Å². The van der Waals surface area contributed by atoms with Crippen molar-refractivity contribution in [1.82, 2.24) is 9.97 Å². The van der Waals surface area contributed by atoms with Gasteiger partial charge in [-0.05, 0) is 49.0 Å². The van der Waals surface area contributed by atoms with Crippen LogP contribution in [0.25, 0.3) is 11.0 Å². The van der Waals surface area contributed by atoms with Crippen molar-refractivity contribution < 1.29 is 14.3 Å².